The number of piperidine rings is 2. The van der Waals surface area contributed by atoms with Gasteiger partial charge in [-0.25, -0.2) is 0 Å². The molecule has 0 aromatic heterocycles. The van der Waals surface area contributed by atoms with Crippen LogP contribution in [-0.4, -0.2) is 71.6 Å². The highest BCUT2D eigenvalue weighted by atomic mass is 15.4. The van der Waals surface area contributed by atoms with E-state index in [0.29, 0.717) is 11.0 Å². The molecule has 3 nitrogen and oxygen atoms in total. The molecule has 4 saturated heterocycles. The standard InChI is InChI=1S/C20H39N3/c1-19(2,3)15-21-13-17-11-18(14-21)23(17)12-16-7-9-22(10-8-16)20(4,5)6/h16-18H,7-15H2,1-6H3. The zero-order valence-electron chi connectivity index (χ0n) is 16.4. The molecule has 4 fully saturated rings. The Balaban J connectivity index is 1.44. The van der Waals surface area contributed by atoms with Crippen LogP contribution in [0.25, 0.3) is 0 Å². The van der Waals surface area contributed by atoms with E-state index in [1.807, 2.05) is 0 Å². The molecule has 0 aromatic carbocycles. The lowest BCUT2D eigenvalue weighted by Crippen LogP contribution is -2.69. The molecule has 0 aromatic rings. The second kappa shape index (κ2) is 6.31. The molecule has 2 bridgehead atoms. The lowest BCUT2D eigenvalue weighted by Gasteiger charge is -2.58. The fraction of sp³-hybridized carbons (Fsp3) is 1.00. The Labute approximate surface area is 144 Å². The minimum absolute atomic E-state index is 0.353. The summed E-state index contributed by atoms with van der Waals surface area (Å²) in [7, 11) is 0. The van der Waals surface area contributed by atoms with E-state index in [1.165, 1.54) is 58.5 Å². The van der Waals surface area contributed by atoms with Crippen LogP contribution in [0.2, 0.25) is 0 Å². The van der Waals surface area contributed by atoms with Crippen molar-refractivity contribution in [2.45, 2.75) is 78.4 Å². The SMILES string of the molecule is CC(C)(C)CN1CC2CC(C1)N2CC1CCN(C(C)(C)C)CC1. The number of piperazine rings is 1. The molecule has 134 valence electrons. The van der Waals surface area contributed by atoms with Gasteiger partial charge in [-0.2, -0.15) is 0 Å². The molecule has 2 atom stereocenters. The molecule has 4 aliphatic heterocycles. The van der Waals surface area contributed by atoms with Crippen molar-refractivity contribution in [3.05, 3.63) is 0 Å². The van der Waals surface area contributed by atoms with Crippen LogP contribution in [0.15, 0.2) is 0 Å². The largest absolute Gasteiger partial charge is 0.300 e. The van der Waals surface area contributed by atoms with Gasteiger partial charge in [0.25, 0.3) is 0 Å². The molecule has 2 unspecified atom stereocenters. The van der Waals surface area contributed by atoms with Crippen LogP contribution in [0, 0.1) is 11.3 Å². The van der Waals surface area contributed by atoms with Gasteiger partial charge >= 0.3 is 0 Å². The van der Waals surface area contributed by atoms with E-state index in [2.05, 4.69) is 56.2 Å². The number of likely N-dealkylation sites (tertiary alicyclic amines) is 1. The number of rotatable bonds is 3. The molecule has 0 aliphatic carbocycles. The van der Waals surface area contributed by atoms with Crippen LogP contribution < -0.4 is 0 Å². The average molecular weight is 322 g/mol. The highest BCUT2D eigenvalue weighted by Crippen LogP contribution is 2.36. The monoisotopic (exact) mass is 321 g/mol. The first kappa shape index (κ1) is 17.7. The van der Waals surface area contributed by atoms with E-state index in [1.54, 1.807) is 0 Å². The second-order valence-electron chi connectivity index (χ2n) is 10.6. The van der Waals surface area contributed by atoms with Crippen LogP contribution >= 0.6 is 0 Å². The van der Waals surface area contributed by atoms with Crippen molar-refractivity contribution in [1.29, 1.82) is 0 Å². The summed E-state index contributed by atoms with van der Waals surface area (Å²) in [6.07, 6.45) is 4.26. The fourth-order valence-corrected chi connectivity index (χ4v) is 4.96. The first-order valence-corrected chi connectivity index (χ1v) is 9.85. The zero-order valence-corrected chi connectivity index (χ0v) is 16.4. The highest BCUT2D eigenvalue weighted by Gasteiger charge is 2.45. The molecule has 4 aliphatic rings. The predicted molar refractivity (Wildman–Crippen MR) is 98.8 cm³/mol. The zero-order chi connectivity index (χ0) is 16.8. The summed E-state index contributed by atoms with van der Waals surface area (Å²) in [6.45, 7) is 22.0. The van der Waals surface area contributed by atoms with Gasteiger partial charge in [-0.15, -0.1) is 0 Å². The number of hydrogen-bond acceptors (Lipinski definition) is 3. The van der Waals surface area contributed by atoms with E-state index in [9.17, 15) is 0 Å². The van der Waals surface area contributed by atoms with Crippen molar-refractivity contribution >= 4 is 0 Å². The minimum Gasteiger partial charge on any atom is -0.300 e. The predicted octanol–water partition coefficient (Wildman–Crippen LogP) is 3.30. The normalized spacial score (nSPS) is 32.1. The Morgan fingerprint density at radius 2 is 1.43 bits per heavy atom. The van der Waals surface area contributed by atoms with Gasteiger partial charge in [0, 0.05) is 43.8 Å². The molecule has 23 heavy (non-hydrogen) atoms. The van der Waals surface area contributed by atoms with Crippen molar-refractivity contribution in [1.82, 2.24) is 14.7 Å². The van der Waals surface area contributed by atoms with Crippen LogP contribution in [0.3, 0.4) is 0 Å². The van der Waals surface area contributed by atoms with Crippen LogP contribution in [0.5, 0.6) is 0 Å². The van der Waals surface area contributed by atoms with Gasteiger partial charge < -0.3 is 0 Å². The van der Waals surface area contributed by atoms with Crippen molar-refractivity contribution in [3.8, 4) is 0 Å². The summed E-state index contributed by atoms with van der Waals surface area (Å²) < 4.78 is 0. The van der Waals surface area contributed by atoms with Crippen LogP contribution in [-0.2, 0) is 0 Å². The lowest BCUT2D eigenvalue weighted by atomic mass is 9.83. The molecule has 4 heterocycles. The van der Waals surface area contributed by atoms with E-state index >= 15 is 0 Å². The summed E-state index contributed by atoms with van der Waals surface area (Å²) in [5.74, 6) is 0.938. The molecule has 3 heteroatoms. The van der Waals surface area contributed by atoms with Gasteiger partial charge in [0.15, 0.2) is 0 Å². The third-order valence-electron chi connectivity index (χ3n) is 6.15. The Morgan fingerprint density at radius 3 is 1.91 bits per heavy atom. The molecule has 0 radical (unpaired) electrons. The maximum Gasteiger partial charge on any atom is 0.0242 e. The summed E-state index contributed by atoms with van der Waals surface area (Å²) in [5.41, 5.74) is 0.792. The summed E-state index contributed by atoms with van der Waals surface area (Å²) in [5, 5.41) is 0. The van der Waals surface area contributed by atoms with Crippen LogP contribution in [0.1, 0.15) is 60.8 Å². The Bertz CT molecular complexity index is 386. The highest BCUT2D eigenvalue weighted by molar-refractivity contribution is 5.02. The first-order valence-electron chi connectivity index (χ1n) is 9.85. The number of fused-ring (bicyclic) bond motifs is 2. The van der Waals surface area contributed by atoms with E-state index < -0.39 is 0 Å². The van der Waals surface area contributed by atoms with E-state index in [0.717, 1.165) is 18.0 Å². The summed E-state index contributed by atoms with van der Waals surface area (Å²) in [4.78, 5) is 8.25. The number of nitrogens with zero attached hydrogens (tertiary/aromatic N) is 3. The third kappa shape index (κ3) is 4.29. The Kier molecular flexibility index (Phi) is 4.85. The topological polar surface area (TPSA) is 9.72 Å². The lowest BCUT2D eigenvalue weighted by molar-refractivity contribution is -0.0879. The second-order valence-corrected chi connectivity index (χ2v) is 10.6. The number of hydrogen-bond donors (Lipinski definition) is 0. The summed E-state index contributed by atoms with van der Waals surface area (Å²) in [6, 6.07) is 1.72. The van der Waals surface area contributed by atoms with Gasteiger partial charge in [-0.3, -0.25) is 14.7 Å². The minimum atomic E-state index is 0.353. The molecule has 0 spiro atoms. The maximum atomic E-state index is 2.86. The summed E-state index contributed by atoms with van der Waals surface area (Å²) >= 11 is 0. The first-order chi connectivity index (χ1) is 10.6. The van der Waals surface area contributed by atoms with Gasteiger partial charge in [0.05, 0.1) is 0 Å². The maximum absolute atomic E-state index is 2.86. The molecule has 0 N–H and O–H groups in total. The van der Waals surface area contributed by atoms with Crippen LogP contribution in [0.4, 0.5) is 0 Å². The molecule has 0 saturated carbocycles. The molecule has 0 amide bonds. The van der Waals surface area contributed by atoms with Gasteiger partial charge in [0.2, 0.25) is 0 Å². The Hall–Kier alpha value is -0.120. The molecular formula is C20H39N3. The van der Waals surface area contributed by atoms with Crippen molar-refractivity contribution in [2.75, 3.05) is 39.3 Å². The Morgan fingerprint density at radius 1 is 0.870 bits per heavy atom. The fourth-order valence-electron chi connectivity index (χ4n) is 4.96. The van der Waals surface area contributed by atoms with Crippen molar-refractivity contribution in [2.24, 2.45) is 11.3 Å². The van der Waals surface area contributed by atoms with Crippen molar-refractivity contribution in [3.63, 3.8) is 0 Å². The van der Waals surface area contributed by atoms with E-state index in [-0.39, 0.29) is 0 Å². The van der Waals surface area contributed by atoms with Gasteiger partial charge in [0.1, 0.15) is 0 Å². The molecule has 4 rings (SSSR count). The quantitative estimate of drug-likeness (QED) is 0.790. The smallest absolute Gasteiger partial charge is 0.0242 e. The van der Waals surface area contributed by atoms with Gasteiger partial charge in [-0.05, 0) is 64.5 Å². The average Bonchev–Trinajstić information content (AvgIpc) is 2.42. The van der Waals surface area contributed by atoms with Gasteiger partial charge in [-0.1, -0.05) is 20.8 Å². The van der Waals surface area contributed by atoms with Crippen molar-refractivity contribution < 1.29 is 0 Å². The third-order valence-corrected chi connectivity index (χ3v) is 6.15. The van der Waals surface area contributed by atoms with E-state index in [4.69, 9.17) is 0 Å². The molecular weight excluding hydrogens is 282 g/mol.